The molecule has 1 unspecified atom stereocenters. The van der Waals surface area contributed by atoms with E-state index in [1.54, 1.807) is 25.1 Å². The lowest BCUT2D eigenvalue weighted by molar-refractivity contribution is -0.135. The van der Waals surface area contributed by atoms with Crippen LogP contribution in [-0.2, 0) is 9.53 Å². The lowest BCUT2D eigenvalue weighted by Crippen LogP contribution is -2.48. The first-order valence-electron chi connectivity index (χ1n) is 10.0. The summed E-state index contributed by atoms with van der Waals surface area (Å²) >= 11 is 0. The molecule has 7 nitrogen and oxygen atoms in total. The Kier molecular flexibility index (Phi) is 6.44. The van der Waals surface area contributed by atoms with Crippen molar-refractivity contribution in [3.05, 3.63) is 23.8 Å². The van der Waals surface area contributed by atoms with Crippen LogP contribution in [0, 0.1) is 0 Å². The van der Waals surface area contributed by atoms with Gasteiger partial charge in [0.2, 0.25) is 5.91 Å². The highest BCUT2D eigenvalue weighted by Crippen LogP contribution is 2.35. The van der Waals surface area contributed by atoms with Crippen molar-refractivity contribution in [3.8, 4) is 5.75 Å². The molecule has 1 fully saturated rings. The van der Waals surface area contributed by atoms with E-state index in [0.29, 0.717) is 25.1 Å². The van der Waals surface area contributed by atoms with Crippen molar-refractivity contribution in [1.82, 2.24) is 9.80 Å². The van der Waals surface area contributed by atoms with Gasteiger partial charge in [-0.1, -0.05) is 0 Å². The predicted molar refractivity (Wildman–Crippen MR) is 108 cm³/mol. The smallest absolute Gasteiger partial charge is 0.253 e. The van der Waals surface area contributed by atoms with Gasteiger partial charge in [-0.25, -0.2) is 0 Å². The number of benzene rings is 1. The molecule has 3 rings (SSSR count). The second-order valence-corrected chi connectivity index (χ2v) is 7.69. The zero-order valence-electron chi connectivity index (χ0n) is 17.3. The Morgan fingerprint density at radius 3 is 2.57 bits per heavy atom. The second kappa shape index (κ2) is 8.82. The molecular weight excluding hydrogens is 358 g/mol. The number of carbonyl (C=O) groups excluding carboxylic acids is 2. The third kappa shape index (κ3) is 4.24. The van der Waals surface area contributed by atoms with Crippen molar-refractivity contribution in [2.45, 2.75) is 38.3 Å². The summed E-state index contributed by atoms with van der Waals surface area (Å²) in [5, 5.41) is 0. The van der Waals surface area contributed by atoms with E-state index in [2.05, 4.69) is 4.90 Å². The summed E-state index contributed by atoms with van der Waals surface area (Å²) < 4.78 is 11.3. The SMILES string of the molecule is CCN(C(=O)CC1COc2ccc(C(=O)N(C)C)cc2N1C)C1CCOCC1. The third-order valence-electron chi connectivity index (χ3n) is 5.67. The molecule has 2 heterocycles. The number of anilines is 1. The van der Waals surface area contributed by atoms with Crippen LogP contribution in [0.5, 0.6) is 5.75 Å². The van der Waals surface area contributed by atoms with Gasteiger partial charge in [0.1, 0.15) is 12.4 Å². The number of nitrogens with zero attached hydrogens (tertiary/aromatic N) is 3. The molecule has 154 valence electrons. The molecule has 0 aromatic heterocycles. The Morgan fingerprint density at radius 1 is 1.21 bits per heavy atom. The summed E-state index contributed by atoms with van der Waals surface area (Å²) in [6, 6.07) is 5.67. The van der Waals surface area contributed by atoms with Crippen molar-refractivity contribution >= 4 is 17.5 Å². The van der Waals surface area contributed by atoms with E-state index in [1.165, 1.54) is 0 Å². The van der Waals surface area contributed by atoms with Crippen LogP contribution in [0.4, 0.5) is 5.69 Å². The van der Waals surface area contributed by atoms with Gasteiger partial charge in [-0.15, -0.1) is 0 Å². The molecule has 0 N–H and O–H groups in total. The molecule has 28 heavy (non-hydrogen) atoms. The molecule has 0 saturated carbocycles. The first kappa shape index (κ1) is 20.5. The fraction of sp³-hybridized carbons (Fsp3) is 0.619. The van der Waals surface area contributed by atoms with Crippen LogP contribution in [0.25, 0.3) is 0 Å². The van der Waals surface area contributed by atoms with Gasteiger partial charge in [0.25, 0.3) is 5.91 Å². The average Bonchev–Trinajstić information content (AvgIpc) is 2.70. The summed E-state index contributed by atoms with van der Waals surface area (Å²) in [7, 11) is 5.44. The molecule has 7 heteroatoms. The number of hydrogen-bond acceptors (Lipinski definition) is 5. The van der Waals surface area contributed by atoms with Crippen molar-refractivity contribution < 1.29 is 19.1 Å². The van der Waals surface area contributed by atoms with Crippen molar-refractivity contribution in [2.75, 3.05) is 52.4 Å². The van der Waals surface area contributed by atoms with E-state index < -0.39 is 0 Å². The lowest BCUT2D eigenvalue weighted by Gasteiger charge is -2.38. The van der Waals surface area contributed by atoms with Crippen LogP contribution in [0.2, 0.25) is 0 Å². The molecule has 0 bridgehead atoms. The molecule has 1 saturated heterocycles. The number of carbonyl (C=O) groups is 2. The van der Waals surface area contributed by atoms with Gasteiger partial charge in [-0.2, -0.15) is 0 Å². The molecule has 2 aliphatic heterocycles. The zero-order chi connectivity index (χ0) is 20.3. The molecule has 0 aliphatic carbocycles. The summed E-state index contributed by atoms with van der Waals surface area (Å²) in [6.45, 7) is 4.64. The molecule has 2 aliphatic rings. The van der Waals surface area contributed by atoms with Crippen LogP contribution < -0.4 is 9.64 Å². The third-order valence-corrected chi connectivity index (χ3v) is 5.67. The van der Waals surface area contributed by atoms with Crippen molar-refractivity contribution in [3.63, 3.8) is 0 Å². The molecule has 1 aromatic rings. The van der Waals surface area contributed by atoms with Crippen molar-refractivity contribution in [1.29, 1.82) is 0 Å². The molecular formula is C21H31N3O4. The predicted octanol–water partition coefficient (Wildman–Crippen LogP) is 2.00. The van der Waals surface area contributed by atoms with E-state index in [0.717, 1.165) is 37.5 Å². The van der Waals surface area contributed by atoms with Gasteiger partial charge in [0.05, 0.1) is 18.2 Å². The number of amides is 2. The maximum Gasteiger partial charge on any atom is 0.253 e. The minimum atomic E-state index is -0.0569. The lowest BCUT2D eigenvalue weighted by atomic mass is 10.0. The summed E-state index contributed by atoms with van der Waals surface area (Å²) in [4.78, 5) is 30.9. The standard InChI is InChI=1S/C21H31N3O4/c1-5-24(16-8-10-27-11-9-16)20(25)13-17-14-28-19-7-6-15(21(26)22(2)3)12-18(19)23(17)4/h6-7,12,16-17H,5,8-11,13-14H2,1-4H3. The zero-order valence-corrected chi connectivity index (χ0v) is 17.3. The van der Waals surface area contributed by atoms with Crippen LogP contribution in [-0.4, -0.2) is 81.2 Å². The molecule has 1 atom stereocenters. The maximum atomic E-state index is 13.0. The topological polar surface area (TPSA) is 62.3 Å². The Balaban J connectivity index is 1.72. The van der Waals surface area contributed by atoms with E-state index in [1.807, 2.05) is 31.0 Å². The fourth-order valence-electron chi connectivity index (χ4n) is 3.95. The minimum absolute atomic E-state index is 0.0499. The number of hydrogen-bond donors (Lipinski definition) is 0. The fourth-order valence-corrected chi connectivity index (χ4v) is 3.95. The van der Waals surface area contributed by atoms with Crippen LogP contribution >= 0.6 is 0 Å². The Hall–Kier alpha value is -2.28. The quantitative estimate of drug-likeness (QED) is 0.771. The van der Waals surface area contributed by atoms with E-state index in [4.69, 9.17) is 9.47 Å². The number of likely N-dealkylation sites (N-methyl/N-ethyl adjacent to an activating group) is 1. The second-order valence-electron chi connectivity index (χ2n) is 7.69. The van der Waals surface area contributed by atoms with E-state index in [9.17, 15) is 9.59 Å². The molecule has 1 aromatic carbocycles. The number of ether oxygens (including phenoxy) is 2. The minimum Gasteiger partial charge on any atom is -0.489 e. The monoisotopic (exact) mass is 389 g/mol. The first-order chi connectivity index (χ1) is 13.4. The van der Waals surface area contributed by atoms with Gasteiger partial charge in [0, 0.05) is 52.5 Å². The van der Waals surface area contributed by atoms with Crippen molar-refractivity contribution in [2.24, 2.45) is 0 Å². The van der Waals surface area contributed by atoms with Crippen LogP contribution in [0.1, 0.15) is 36.5 Å². The normalized spacial score (nSPS) is 19.6. The first-order valence-corrected chi connectivity index (χ1v) is 10.0. The number of rotatable bonds is 5. The molecule has 0 spiro atoms. The van der Waals surface area contributed by atoms with Gasteiger partial charge in [0.15, 0.2) is 0 Å². The Bertz CT molecular complexity index is 716. The van der Waals surface area contributed by atoms with Crippen LogP contribution in [0.3, 0.4) is 0 Å². The van der Waals surface area contributed by atoms with Crippen LogP contribution in [0.15, 0.2) is 18.2 Å². The highest BCUT2D eigenvalue weighted by atomic mass is 16.5. The highest BCUT2D eigenvalue weighted by molar-refractivity contribution is 5.95. The molecule has 0 radical (unpaired) electrons. The van der Waals surface area contributed by atoms with Gasteiger partial charge in [-0.3, -0.25) is 9.59 Å². The largest absolute Gasteiger partial charge is 0.489 e. The number of fused-ring (bicyclic) bond motifs is 1. The summed E-state index contributed by atoms with van der Waals surface area (Å²) in [5.74, 6) is 0.850. The highest BCUT2D eigenvalue weighted by Gasteiger charge is 2.31. The Labute approximate surface area is 167 Å². The van der Waals surface area contributed by atoms with Gasteiger partial charge >= 0.3 is 0 Å². The Morgan fingerprint density at radius 2 is 1.93 bits per heavy atom. The van der Waals surface area contributed by atoms with Gasteiger partial charge in [-0.05, 0) is 38.0 Å². The van der Waals surface area contributed by atoms with E-state index >= 15 is 0 Å². The maximum absolute atomic E-state index is 13.0. The summed E-state index contributed by atoms with van der Waals surface area (Å²) in [6.07, 6.45) is 2.19. The van der Waals surface area contributed by atoms with E-state index in [-0.39, 0.29) is 23.9 Å². The molecule has 2 amide bonds. The average molecular weight is 389 g/mol. The summed E-state index contributed by atoms with van der Waals surface area (Å²) in [5.41, 5.74) is 1.47. The van der Waals surface area contributed by atoms with Gasteiger partial charge < -0.3 is 24.2 Å².